The van der Waals surface area contributed by atoms with Crippen LogP contribution in [0.15, 0.2) is 0 Å². The highest BCUT2D eigenvalue weighted by Gasteiger charge is 2.16. The third kappa shape index (κ3) is 5.15. The molecule has 1 heterocycles. The standard InChI is InChI=1S/C12H23N3/c1-11(3-7-13)14-8-4-12-5-9-15(2)10-6-12/h11-12,14H,3-6,8-10H2,1-2H3. The summed E-state index contributed by atoms with van der Waals surface area (Å²) in [5, 5.41) is 11.9. The second-order valence-electron chi connectivity index (χ2n) is 4.75. The zero-order valence-electron chi connectivity index (χ0n) is 10.00. The molecule has 0 saturated carbocycles. The maximum Gasteiger partial charge on any atom is 0.0638 e. The normalized spacial score (nSPS) is 21.1. The van der Waals surface area contributed by atoms with Gasteiger partial charge in [-0.1, -0.05) is 0 Å². The highest BCUT2D eigenvalue weighted by Crippen LogP contribution is 2.18. The Labute approximate surface area is 93.5 Å². The molecule has 1 atom stereocenters. The lowest BCUT2D eigenvalue weighted by atomic mass is 9.94. The van der Waals surface area contributed by atoms with Crippen LogP contribution < -0.4 is 5.32 Å². The summed E-state index contributed by atoms with van der Waals surface area (Å²) < 4.78 is 0. The average molecular weight is 209 g/mol. The summed E-state index contributed by atoms with van der Waals surface area (Å²) in [5.74, 6) is 0.892. The molecule has 15 heavy (non-hydrogen) atoms. The van der Waals surface area contributed by atoms with Gasteiger partial charge in [0, 0.05) is 6.04 Å². The molecule has 0 spiro atoms. The van der Waals surface area contributed by atoms with Gasteiger partial charge in [0.15, 0.2) is 0 Å². The van der Waals surface area contributed by atoms with Crippen LogP contribution >= 0.6 is 0 Å². The van der Waals surface area contributed by atoms with E-state index in [1.54, 1.807) is 0 Å². The molecular weight excluding hydrogens is 186 g/mol. The fourth-order valence-electron chi connectivity index (χ4n) is 2.09. The van der Waals surface area contributed by atoms with Gasteiger partial charge in [0.05, 0.1) is 12.5 Å². The lowest BCUT2D eigenvalue weighted by molar-refractivity contribution is 0.211. The number of hydrogen-bond acceptors (Lipinski definition) is 3. The van der Waals surface area contributed by atoms with E-state index in [0.29, 0.717) is 12.5 Å². The molecule has 1 saturated heterocycles. The van der Waals surface area contributed by atoms with E-state index >= 15 is 0 Å². The van der Waals surface area contributed by atoms with Crippen LogP contribution in [-0.4, -0.2) is 37.6 Å². The first-order valence-electron chi connectivity index (χ1n) is 6.01. The van der Waals surface area contributed by atoms with Crippen LogP contribution in [0.25, 0.3) is 0 Å². The predicted octanol–water partition coefficient (Wildman–Crippen LogP) is 1.61. The van der Waals surface area contributed by atoms with Gasteiger partial charge in [-0.2, -0.15) is 5.26 Å². The zero-order valence-corrected chi connectivity index (χ0v) is 10.00. The minimum Gasteiger partial charge on any atom is -0.313 e. The summed E-state index contributed by atoms with van der Waals surface area (Å²) in [6.45, 7) is 5.64. The van der Waals surface area contributed by atoms with Gasteiger partial charge in [0.25, 0.3) is 0 Å². The Kier molecular flexibility index (Phi) is 5.67. The van der Waals surface area contributed by atoms with Crippen molar-refractivity contribution in [1.82, 2.24) is 10.2 Å². The number of nitrogens with one attached hydrogen (secondary N) is 1. The summed E-state index contributed by atoms with van der Waals surface area (Å²) in [4.78, 5) is 2.40. The Balaban J connectivity index is 2.03. The van der Waals surface area contributed by atoms with E-state index in [4.69, 9.17) is 5.26 Å². The number of piperidine rings is 1. The van der Waals surface area contributed by atoms with E-state index in [2.05, 4.69) is 30.3 Å². The van der Waals surface area contributed by atoms with Gasteiger partial charge in [-0.15, -0.1) is 0 Å². The first kappa shape index (κ1) is 12.5. The number of hydrogen-bond donors (Lipinski definition) is 1. The molecule has 0 radical (unpaired) electrons. The van der Waals surface area contributed by atoms with Crippen molar-refractivity contribution in [2.45, 2.75) is 38.6 Å². The summed E-state index contributed by atoms with van der Waals surface area (Å²) in [6.07, 6.45) is 4.56. The van der Waals surface area contributed by atoms with E-state index < -0.39 is 0 Å². The smallest absolute Gasteiger partial charge is 0.0638 e. The SMILES string of the molecule is CC(CC#N)NCCC1CCN(C)CC1. The molecule has 1 unspecified atom stereocenters. The Hall–Kier alpha value is -0.590. The number of likely N-dealkylation sites (tertiary alicyclic amines) is 1. The van der Waals surface area contributed by atoms with Gasteiger partial charge in [-0.3, -0.25) is 0 Å². The molecule has 0 bridgehead atoms. The van der Waals surface area contributed by atoms with Gasteiger partial charge in [-0.25, -0.2) is 0 Å². The first-order valence-corrected chi connectivity index (χ1v) is 6.01. The van der Waals surface area contributed by atoms with Crippen LogP contribution in [-0.2, 0) is 0 Å². The number of nitrogens with zero attached hydrogens (tertiary/aromatic N) is 2. The molecule has 0 aromatic rings. The van der Waals surface area contributed by atoms with Gasteiger partial charge >= 0.3 is 0 Å². The molecule has 0 amide bonds. The maximum absolute atomic E-state index is 8.52. The fraction of sp³-hybridized carbons (Fsp3) is 0.917. The molecule has 1 aliphatic heterocycles. The average Bonchev–Trinajstić information content (AvgIpc) is 2.21. The highest BCUT2D eigenvalue weighted by molar-refractivity contribution is 4.78. The highest BCUT2D eigenvalue weighted by atomic mass is 15.1. The molecule has 3 nitrogen and oxygen atoms in total. The topological polar surface area (TPSA) is 39.1 Å². The van der Waals surface area contributed by atoms with Gasteiger partial charge in [-0.05, 0) is 58.8 Å². The molecule has 1 fully saturated rings. The number of rotatable bonds is 5. The van der Waals surface area contributed by atoms with Crippen LogP contribution in [0, 0.1) is 17.2 Å². The Morgan fingerprint density at radius 2 is 2.13 bits per heavy atom. The molecule has 0 aliphatic carbocycles. The van der Waals surface area contributed by atoms with Crippen LogP contribution in [0.1, 0.15) is 32.6 Å². The summed E-state index contributed by atoms with van der Waals surface area (Å²) >= 11 is 0. The van der Waals surface area contributed by atoms with Crippen molar-refractivity contribution in [3.8, 4) is 6.07 Å². The first-order chi connectivity index (χ1) is 7.22. The molecule has 1 aliphatic rings. The molecule has 1 rings (SSSR count). The van der Waals surface area contributed by atoms with Crippen molar-refractivity contribution in [3.05, 3.63) is 0 Å². The Morgan fingerprint density at radius 1 is 1.47 bits per heavy atom. The molecular formula is C12H23N3. The lowest BCUT2D eigenvalue weighted by Crippen LogP contribution is -2.33. The van der Waals surface area contributed by atoms with Crippen molar-refractivity contribution < 1.29 is 0 Å². The summed E-state index contributed by atoms with van der Waals surface area (Å²) in [7, 11) is 2.20. The molecule has 1 N–H and O–H groups in total. The van der Waals surface area contributed by atoms with Crippen molar-refractivity contribution in [3.63, 3.8) is 0 Å². The molecule has 86 valence electrons. The van der Waals surface area contributed by atoms with E-state index in [-0.39, 0.29) is 0 Å². The van der Waals surface area contributed by atoms with Gasteiger partial charge in [0.1, 0.15) is 0 Å². The minimum absolute atomic E-state index is 0.348. The van der Waals surface area contributed by atoms with Crippen LogP contribution in [0.4, 0.5) is 0 Å². The third-order valence-corrected chi connectivity index (χ3v) is 3.28. The van der Waals surface area contributed by atoms with Gasteiger partial charge < -0.3 is 10.2 Å². The van der Waals surface area contributed by atoms with Crippen LogP contribution in [0.2, 0.25) is 0 Å². The molecule has 0 aromatic carbocycles. The Bertz CT molecular complexity index is 201. The van der Waals surface area contributed by atoms with Gasteiger partial charge in [0.2, 0.25) is 0 Å². The monoisotopic (exact) mass is 209 g/mol. The Morgan fingerprint density at radius 3 is 2.73 bits per heavy atom. The van der Waals surface area contributed by atoms with E-state index in [9.17, 15) is 0 Å². The maximum atomic E-state index is 8.52. The summed E-state index contributed by atoms with van der Waals surface area (Å²) in [6, 6.07) is 2.54. The largest absolute Gasteiger partial charge is 0.313 e. The summed E-state index contributed by atoms with van der Waals surface area (Å²) in [5.41, 5.74) is 0. The van der Waals surface area contributed by atoms with E-state index in [1.807, 2.05) is 0 Å². The predicted molar refractivity (Wildman–Crippen MR) is 62.5 cm³/mol. The van der Waals surface area contributed by atoms with Crippen molar-refractivity contribution in [2.75, 3.05) is 26.7 Å². The van der Waals surface area contributed by atoms with Crippen molar-refractivity contribution >= 4 is 0 Å². The van der Waals surface area contributed by atoms with E-state index in [0.717, 1.165) is 12.5 Å². The molecule has 3 heteroatoms. The van der Waals surface area contributed by atoms with Crippen molar-refractivity contribution in [2.24, 2.45) is 5.92 Å². The lowest BCUT2D eigenvalue weighted by Gasteiger charge is -2.29. The quantitative estimate of drug-likeness (QED) is 0.747. The second-order valence-corrected chi connectivity index (χ2v) is 4.75. The third-order valence-electron chi connectivity index (χ3n) is 3.28. The fourth-order valence-corrected chi connectivity index (χ4v) is 2.09. The number of nitriles is 1. The minimum atomic E-state index is 0.348. The zero-order chi connectivity index (χ0) is 11.1. The second kappa shape index (κ2) is 6.81. The van der Waals surface area contributed by atoms with Crippen molar-refractivity contribution in [1.29, 1.82) is 5.26 Å². The van der Waals surface area contributed by atoms with E-state index in [1.165, 1.54) is 32.4 Å². The molecule has 0 aromatic heterocycles. The van der Waals surface area contributed by atoms with Crippen LogP contribution in [0.3, 0.4) is 0 Å². The van der Waals surface area contributed by atoms with Crippen LogP contribution in [0.5, 0.6) is 0 Å².